The van der Waals surface area contributed by atoms with Crippen LogP contribution in [0.25, 0.3) is 16.8 Å². The van der Waals surface area contributed by atoms with E-state index in [0.29, 0.717) is 31.0 Å². The Kier molecular flexibility index (Phi) is 5.47. The molecular formula is C29H24N4O2. The normalized spacial score (nSPS) is 13.0. The van der Waals surface area contributed by atoms with Crippen molar-refractivity contribution in [3.05, 3.63) is 120 Å². The first-order valence-electron chi connectivity index (χ1n) is 11.7. The van der Waals surface area contributed by atoms with E-state index in [1.54, 1.807) is 23.0 Å². The molecule has 0 saturated carbocycles. The average molecular weight is 461 g/mol. The Balaban J connectivity index is 1.22. The fourth-order valence-corrected chi connectivity index (χ4v) is 4.49. The van der Waals surface area contributed by atoms with Crippen molar-refractivity contribution < 1.29 is 9.53 Å². The van der Waals surface area contributed by atoms with Gasteiger partial charge in [-0.2, -0.15) is 5.10 Å². The second-order valence-corrected chi connectivity index (χ2v) is 8.68. The summed E-state index contributed by atoms with van der Waals surface area (Å²) in [5.41, 5.74) is 6.57. The highest BCUT2D eigenvalue weighted by Crippen LogP contribution is 2.27. The number of rotatable bonds is 5. The summed E-state index contributed by atoms with van der Waals surface area (Å²) in [5.74, 6) is 0.738. The van der Waals surface area contributed by atoms with Crippen LogP contribution >= 0.6 is 0 Å². The summed E-state index contributed by atoms with van der Waals surface area (Å²) in [4.78, 5) is 19.9. The Labute approximate surface area is 203 Å². The van der Waals surface area contributed by atoms with Gasteiger partial charge in [0.2, 0.25) is 0 Å². The van der Waals surface area contributed by atoms with Crippen LogP contribution in [0.1, 0.15) is 27.2 Å². The lowest BCUT2D eigenvalue weighted by Gasteiger charge is -2.28. The number of nitrogens with zero attached hydrogens (tertiary/aromatic N) is 4. The van der Waals surface area contributed by atoms with Gasteiger partial charge in [-0.3, -0.25) is 4.79 Å². The van der Waals surface area contributed by atoms with Gasteiger partial charge in [0.15, 0.2) is 5.65 Å². The Morgan fingerprint density at radius 3 is 2.49 bits per heavy atom. The molecule has 1 amide bonds. The SMILES string of the molecule is O=C(c1ccn2ncc(-c3ccc(OCc4ccccc4)cc3)c2n1)N1CCc2ccccc2C1. The Hall–Kier alpha value is -4.45. The molecule has 1 aliphatic rings. The fourth-order valence-electron chi connectivity index (χ4n) is 4.49. The van der Waals surface area contributed by atoms with Gasteiger partial charge in [-0.1, -0.05) is 66.7 Å². The summed E-state index contributed by atoms with van der Waals surface area (Å²) in [6.07, 6.45) is 4.45. The first kappa shape index (κ1) is 21.1. The first-order valence-corrected chi connectivity index (χ1v) is 11.7. The minimum atomic E-state index is -0.0567. The van der Waals surface area contributed by atoms with Crippen molar-refractivity contribution in [1.82, 2.24) is 19.5 Å². The highest BCUT2D eigenvalue weighted by atomic mass is 16.5. The summed E-state index contributed by atoms with van der Waals surface area (Å²) in [6, 6.07) is 28.0. The minimum Gasteiger partial charge on any atom is -0.489 e. The number of carbonyl (C=O) groups is 1. The second kappa shape index (κ2) is 9.06. The number of ether oxygens (including phenoxy) is 1. The zero-order valence-corrected chi connectivity index (χ0v) is 19.2. The predicted molar refractivity (Wildman–Crippen MR) is 134 cm³/mol. The van der Waals surface area contributed by atoms with Gasteiger partial charge in [0.1, 0.15) is 18.1 Å². The third-order valence-electron chi connectivity index (χ3n) is 6.42. The molecule has 172 valence electrons. The van der Waals surface area contributed by atoms with E-state index in [9.17, 15) is 4.79 Å². The van der Waals surface area contributed by atoms with Crippen LogP contribution in [0.3, 0.4) is 0 Å². The average Bonchev–Trinajstić information content (AvgIpc) is 3.35. The monoisotopic (exact) mass is 460 g/mol. The number of amides is 1. The maximum atomic E-state index is 13.3. The molecule has 1 aliphatic heterocycles. The smallest absolute Gasteiger partial charge is 0.272 e. The van der Waals surface area contributed by atoms with Crippen molar-refractivity contribution in [2.24, 2.45) is 0 Å². The van der Waals surface area contributed by atoms with Gasteiger partial charge >= 0.3 is 0 Å². The number of aromatic nitrogens is 3. The summed E-state index contributed by atoms with van der Waals surface area (Å²) in [5, 5.41) is 4.43. The van der Waals surface area contributed by atoms with Crippen LogP contribution in [0.2, 0.25) is 0 Å². The largest absolute Gasteiger partial charge is 0.489 e. The van der Waals surface area contributed by atoms with E-state index in [0.717, 1.165) is 28.9 Å². The van der Waals surface area contributed by atoms with Gasteiger partial charge in [-0.25, -0.2) is 9.50 Å². The van der Waals surface area contributed by atoms with Crippen LogP contribution in [-0.2, 0) is 19.6 Å². The molecule has 0 N–H and O–H groups in total. The molecule has 35 heavy (non-hydrogen) atoms. The van der Waals surface area contributed by atoms with E-state index >= 15 is 0 Å². The molecule has 0 fully saturated rings. The lowest BCUT2D eigenvalue weighted by molar-refractivity contribution is 0.0729. The number of hydrogen-bond acceptors (Lipinski definition) is 4. The number of carbonyl (C=O) groups excluding carboxylic acids is 1. The topological polar surface area (TPSA) is 59.7 Å². The molecule has 0 atom stereocenters. The van der Waals surface area contributed by atoms with Crippen LogP contribution in [0.4, 0.5) is 0 Å². The van der Waals surface area contributed by atoms with E-state index in [1.165, 1.54) is 11.1 Å². The molecule has 0 unspecified atom stereocenters. The second-order valence-electron chi connectivity index (χ2n) is 8.68. The number of fused-ring (bicyclic) bond motifs is 2. The van der Waals surface area contributed by atoms with Crippen LogP contribution in [0.15, 0.2) is 97.3 Å². The maximum absolute atomic E-state index is 13.3. The number of hydrogen-bond donors (Lipinski definition) is 0. The third kappa shape index (κ3) is 4.26. The minimum absolute atomic E-state index is 0.0567. The van der Waals surface area contributed by atoms with Crippen LogP contribution in [0, 0.1) is 0 Å². The molecular weight excluding hydrogens is 436 g/mol. The molecule has 0 spiro atoms. The van der Waals surface area contributed by atoms with Crippen molar-refractivity contribution in [2.45, 2.75) is 19.6 Å². The highest BCUT2D eigenvalue weighted by molar-refractivity contribution is 5.93. The van der Waals surface area contributed by atoms with E-state index < -0.39 is 0 Å². The van der Waals surface area contributed by atoms with E-state index in [-0.39, 0.29) is 5.91 Å². The van der Waals surface area contributed by atoms with Gasteiger partial charge in [-0.15, -0.1) is 0 Å². The van der Waals surface area contributed by atoms with E-state index in [1.807, 2.05) is 65.6 Å². The summed E-state index contributed by atoms with van der Waals surface area (Å²) in [6.45, 7) is 1.82. The fraction of sp³-hybridized carbons (Fsp3) is 0.138. The van der Waals surface area contributed by atoms with Gasteiger partial charge in [-0.05, 0) is 46.9 Å². The van der Waals surface area contributed by atoms with Gasteiger partial charge in [0, 0.05) is 24.8 Å². The quantitative estimate of drug-likeness (QED) is 0.363. The molecule has 5 aromatic rings. The lowest BCUT2D eigenvalue weighted by Crippen LogP contribution is -2.36. The molecule has 3 heterocycles. The van der Waals surface area contributed by atoms with Crippen LogP contribution in [0.5, 0.6) is 5.75 Å². The zero-order chi connectivity index (χ0) is 23.6. The zero-order valence-electron chi connectivity index (χ0n) is 19.2. The van der Waals surface area contributed by atoms with E-state index in [4.69, 9.17) is 9.72 Å². The van der Waals surface area contributed by atoms with Gasteiger partial charge in [0.25, 0.3) is 5.91 Å². The molecule has 2 aromatic heterocycles. The van der Waals surface area contributed by atoms with Gasteiger partial charge < -0.3 is 9.64 Å². The van der Waals surface area contributed by atoms with Crippen LogP contribution in [-0.4, -0.2) is 31.9 Å². The number of benzene rings is 3. The Morgan fingerprint density at radius 1 is 0.886 bits per heavy atom. The lowest BCUT2D eigenvalue weighted by atomic mass is 10.00. The van der Waals surface area contributed by atoms with Crippen LogP contribution < -0.4 is 4.74 Å². The predicted octanol–water partition coefficient (Wildman–Crippen LogP) is 5.17. The van der Waals surface area contributed by atoms with E-state index in [2.05, 4.69) is 23.3 Å². The molecule has 0 saturated heterocycles. The summed E-state index contributed by atoms with van der Waals surface area (Å²) < 4.78 is 7.61. The van der Waals surface area contributed by atoms with Crippen molar-refractivity contribution in [2.75, 3.05) is 6.54 Å². The molecule has 0 bridgehead atoms. The Morgan fingerprint density at radius 2 is 1.66 bits per heavy atom. The molecule has 3 aromatic carbocycles. The molecule has 6 rings (SSSR count). The Bertz CT molecular complexity index is 1490. The molecule has 0 radical (unpaired) electrons. The van der Waals surface area contributed by atoms with Crippen molar-refractivity contribution in [3.63, 3.8) is 0 Å². The van der Waals surface area contributed by atoms with Crippen molar-refractivity contribution in [3.8, 4) is 16.9 Å². The van der Waals surface area contributed by atoms with Gasteiger partial charge in [0.05, 0.1) is 6.20 Å². The molecule has 6 heteroatoms. The summed E-state index contributed by atoms with van der Waals surface area (Å²) in [7, 11) is 0. The highest BCUT2D eigenvalue weighted by Gasteiger charge is 2.23. The standard InChI is InChI=1S/C29H24N4O2/c34-29(32-16-14-22-8-4-5-9-24(22)19-32)27-15-17-33-28(31-27)26(18-30-33)23-10-12-25(13-11-23)35-20-21-6-2-1-3-7-21/h1-13,15,17-18H,14,16,19-20H2. The molecule has 6 nitrogen and oxygen atoms in total. The maximum Gasteiger partial charge on any atom is 0.272 e. The summed E-state index contributed by atoms with van der Waals surface area (Å²) >= 11 is 0. The van der Waals surface area contributed by atoms with Crippen molar-refractivity contribution >= 4 is 11.6 Å². The first-order chi connectivity index (χ1) is 17.2. The van der Waals surface area contributed by atoms with Crippen molar-refractivity contribution in [1.29, 1.82) is 0 Å². The third-order valence-corrected chi connectivity index (χ3v) is 6.42. The molecule has 0 aliphatic carbocycles.